The zero-order valence-corrected chi connectivity index (χ0v) is 10.4. The van der Waals surface area contributed by atoms with Crippen molar-refractivity contribution in [2.24, 2.45) is 17.8 Å². The van der Waals surface area contributed by atoms with Crippen molar-refractivity contribution in [3.05, 3.63) is 12.2 Å². The van der Waals surface area contributed by atoms with E-state index >= 15 is 0 Å². The van der Waals surface area contributed by atoms with Gasteiger partial charge in [-0.15, -0.1) is 0 Å². The lowest BCUT2D eigenvalue weighted by molar-refractivity contribution is -0.147. The number of hydrogen-bond donors (Lipinski definition) is 0. The molecular weight excluding hydrogens is 200 g/mol. The van der Waals surface area contributed by atoms with Crippen molar-refractivity contribution in [2.45, 2.75) is 52.1 Å². The van der Waals surface area contributed by atoms with E-state index in [-0.39, 0.29) is 12.1 Å². The minimum Gasteiger partial charge on any atom is -0.459 e. The van der Waals surface area contributed by atoms with Gasteiger partial charge in [-0.1, -0.05) is 26.3 Å². The third-order valence-electron chi connectivity index (χ3n) is 4.20. The van der Waals surface area contributed by atoms with Crippen molar-refractivity contribution in [1.29, 1.82) is 0 Å². The third-order valence-corrected chi connectivity index (χ3v) is 4.20. The van der Waals surface area contributed by atoms with Crippen LogP contribution in [0, 0.1) is 17.8 Å². The summed E-state index contributed by atoms with van der Waals surface area (Å²) in [5, 5.41) is 0. The Hall–Kier alpha value is -0.790. The van der Waals surface area contributed by atoms with E-state index in [1.165, 1.54) is 25.7 Å². The van der Waals surface area contributed by atoms with Gasteiger partial charge in [0, 0.05) is 5.57 Å². The second kappa shape index (κ2) is 4.60. The van der Waals surface area contributed by atoms with Gasteiger partial charge in [0.05, 0.1) is 0 Å². The third kappa shape index (κ3) is 2.16. The number of carbonyl (C=O) groups excluding carboxylic acids is 1. The molecule has 2 fully saturated rings. The molecule has 0 aromatic rings. The van der Waals surface area contributed by atoms with Gasteiger partial charge in [-0.05, 0) is 43.9 Å². The van der Waals surface area contributed by atoms with Crippen LogP contribution < -0.4 is 0 Å². The van der Waals surface area contributed by atoms with Crippen molar-refractivity contribution in [3.8, 4) is 0 Å². The molecule has 0 N–H and O–H groups in total. The average molecular weight is 222 g/mol. The Bertz CT molecular complexity index is 295. The van der Waals surface area contributed by atoms with Crippen molar-refractivity contribution in [2.75, 3.05) is 0 Å². The van der Waals surface area contributed by atoms with Crippen molar-refractivity contribution < 1.29 is 9.53 Å². The smallest absolute Gasteiger partial charge is 0.333 e. The monoisotopic (exact) mass is 222 g/mol. The molecule has 90 valence electrons. The summed E-state index contributed by atoms with van der Waals surface area (Å²) in [5.41, 5.74) is 0.521. The maximum atomic E-state index is 11.5. The highest BCUT2D eigenvalue weighted by Crippen LogP contribution is 2.51. The van der Waals surface area contributed by atoms with Crippen molar-refractivity contribution >= 4 is 5.97 Å². The van der Waals surface area contributed by atoms with Gasteiger partial charge in [0.15, 0.2) is 0 Å². The van der Waals surface area contributed by atoms with Crippen LogP contribution in [0.4, 0.5) is 0 Å². The minimum atomic E-state index is -0.204. The van der Waals surface area contributed by atoms with E-state index in [9.17, 15) is 4.79 Å². The molecule has 4 atom stereocenters. The summed E-state index contributed by atoms with van der Waals surface area (Å²) in [4.78, 5) is 11.5. The summed E-state index contributed by atoms with van der Waals surface area (Å²) >= 11 is 0. The second-order valence-electron chi connectivity index (χ2n) is 5.50. The standard InChI is InChI=1S/C14H22O2/c1-4-5-10-6-12-7-11(10)8-13(12)16-14(15)9(2)3/h10-13H,2,4-8H2,1,3H3. The first-order valence-corrected chi connectivity index (χ1v) is 6.48. The minimum absolute atomic E-state index is 0.183. The Morgan fingerprint density at radius 2 is 2.06 bits per heavy atom. The van der Waals surface area contributed by atoms with Gasteiger partial charge in [-0.25, -0.2) is 4.79 Å². The Morgan fingerprint density at radius 3 is 2.56 bits per heavy atom. The van der Waals surface area contributed by atoms with Crippen LogP contribution in [-0.4, -0.2) is 12.1 Å². The predicted octanol–water partition coefficient (Wildman–Crippen LogP) is 3.32. The van der Waals surface area contributed by atoms with E-state index in [2.05, 4.69) is 13.5 Å². The lowest BCUT2D eigenvalue weighted by Gasteiger charge is -2.27. The number of rotatable bonds is 4. The molecule has 0 saturated heterocycles. The quantitative estimate of drug-likeness (QED) is 0.539. The highest BCUT2D eigenvalue weighted by Gasteiger charge is 2.46. The van der Waals surface area contributed by atoms with E-state index in [1.54, 1.807) is 6.92 Å². The van der Waals surface area contributed by atoms with Gasteiger partial charge in [0.2, 0.25) is 0 Å². The number of ether oxygens (including phenoxy) is 1. The van der Waals surface area contributed by atoms with Gasteiger partial charge in [0.1, 0.15) is 6.10 Å². The van der Waals surface area contributed by atoms with E-state index < -0.39 is 0 Å². The maximum absolute atomic E-state index is 11.5. The zero-order valence-electron chi connectivity index (χ0n) is 10.4. The Labute approximate surface area is 98.1 Å². The summed E-state index contributed by atoms with van der Waals surface area (Å²) in [6.45, 7) is 7.60. The Balaban J connectivity index is 1.86. The molecule has 2 aliphatic rings. The normalized spacial score (nSPS) is 36.4. The first-order valence-electron chi connectivity index (χ1n) is 6.48. The molecule has 2 heteroatoms. The van der Waals surface area contributed by atoms with E-state index in [1.807, 2.05) is 0 Å². The fraction of sp³-hybridized carbons (Fsp3) is 0.786. The molecule has 2 aliphatic carbocycles. The zero-order chi connectivity index (χ0) is 11.7. The summed E-state index contributed by atoms with van der Waals surface area (Å²) in [5.74, 6) is 2.14. The molecule has 0 aromatic heterocycles. The number of carbonyl (C=O) groups is 1. The Kier molecular flexibility index (Phi) is 3.36. The highest BCUT2D eigenvalue weighted by molar-refractivity contribution is 5.87. The molecule has 0 aliphatic heterocycles. The first kappa shape index (κ1) is 11.7. The van der Waals surface area contributed by atoms with Crippen LogP contribution in [0.1, 0.15) is 46.0 Å². The molecule has 2 nitrogen and oxygen atoms in total. The fourth-order valence-electron chi connectivity index (χ4n) is 3.45. The predicted molar refractivity (Wildman–Crippen MR) is 63.9 cm³/mol. The molecule has 0 amide bonds. The molecule has 0 radical (unpaired) electrons. The van der Waals surface area contributed by atoms with Crippen molar-refractivity contribution in [1.82, 2.24) is 0 Å². The van der Waals surface area contributed by atoms with Crippen LogP contribution in [0.5, 0.6) is 0 Å². The fourth-order valence-corrected chi connectivity index (χ4v) is 3.45. The van der Waals surface area contributed by atoms with E-state index in [0.717, 1.165) is 18.3 Å². The van der Waals surface area contributed by atoms with E-state index in [4.69, 9.17) is 4.74 Å². The van der Waals surface area contributed by atoms with Crippen LogP contribution >= 0.6 is 0 Å². The molecule has 2 saturated carbocycles. The van der Waals surface area contributed by atoms with Crippen LogP contribution in [0.25, 0.3) is 0 Å². The summed E-state index contributed by atoms with van der Waals surface area (Å²) < 4.78 is 5.49. The number of hydrogen-bond acceptors (Lipinski definition) is 2. The van der Waals surface area contributed by atoms with Gasteiger partial charge in [-0.2, -0.15) is 0 Å². The molecule has 16 heavy (non-hydrogen) atoms. The lowest BCUT2D eigenvalue weighted by atomic mass is 9.84. The van der Waals surface area contributed by atoms with Crippen LogP contribution in [-0.2, 0) is 9.53 Å². The summed E-state index contributed by atoms with van der Waals surface area (Å²) in [6, 6.07) is 0. The Morgan fingerprint density at radius 1 is 1.31 bits per heavy atom. The largest absolute Gasteiger partial charge is 0.459 e. The maximum Gasteiger partial charge on any atom is 0.333 e. The van der Waals surface area contributed by atoms with Crippen LogP contribution in [0.15, 0.2) is 12.2 Å². The molecule has 4 unspecified atom stereocenters. The molecule has 2 bridgehead atoms. The molecular formula is C14H22O2. The SMILES string of the molecule is C=C(C)C(=O)OC1CC2CC1CC2CCC. The molecule has 0 heterocycles. The number of esters is 1. The number of fused-ring (bicyclic) bond motifs is 2. The second-order valence-corrected chi connectivity index (χ2v) is 5.50. The summed E-state index contributed by atoms with van der Waals surface area (Å²) in [6.07, 6.45) is 6.45. The first-order chi connectivity index (χ1) is 7.61. The van der Waals surface area contributed by atoms with Crippen LogP contribution in [0.3, 0.4) is 0 Å². The molecule has 2 rings (SSSR count). The van der Waals surface area contributed by atoms with Gasteiger partial charge in [0.25, 0.3) is 0 Å². The van der Waals surface area contributed by atoms with Crippen molar-refractivity contribution in [3.63, 3.8) is 0 Å². The van der Waals surface area contributed by atoms with Crippen LogP contribution in [0.2, 0.25) is 0 Å². The highest BCUT2D eigenvalue weighted by atomic mass is 16.5. The molecule has 0 aromatic carbocycles. The average Bonchev–Trinajstić information content (AvgIpc) is 2.77. The van der Waals surface area contributed by atoms with Gasteiger partial charge >= 0.3 is 5.97 Å². The summed E-state index contributed by atoms with van der Waals surface area (Å²) in [7, 11) is 0. The molecule has 0 spiro atoms. The van der Waals surface area contributed by atoms with Gasteiger partial charge in [-0.3, -0.25) is 0 Å². The van der Waals surface area contributed by atoms with E-state index in [0.29, 0.717) is 11.5 Å². The van der Waals surface area contributed by atoms with Gasteiger partial charge < -0.3 is 4.74 Å². The lowest BCUT2D eigenvalue weighted by Crippen LogP contribution is -2.27. The topological polar surface area (TPSA) is 26.3 Å².